The Balaban J connectivity index is 2.26. The highest BCUT2D eigenvalue weighted by molar-refractivity contribution is 9.10. The lowest BCUT2D eigenvalue weighted by molar-refractivity contribution is -0.114. The van der Waals surface area contributed by atoms with Crippen LogP contribution in [0.1, 0.15) is 41.5 Å². The Morgan fingerprint density at radius 3 is 2.15 bits per heavy atom. The minimum Gasteiger partial charge on any atom is -0.481 e. The third-order valence-corrected chi connectivity index (χ3v) is 5.60. The first kappa shape index (κ1) is 19.9. The van der Waals surface area contributed by atoms with Gasteiger partial charge in [-0.05, 0) is 47.3 Å². The molecule has 1 aromatic carbocycles. The molecule has 4 heteroatoms. The van der Waals surface area contributed by atoms with E-state index in [4.69, 9.17) is 4.74 Å². The van der Waals surface area contributed by atoms with Crippen molar-refractivity contribution in [3.63, 3.8) is 0 Å². The summed E-state index contributed by atoms with van der Waals surface area (Å²) in [6.07, 6.45) is 5.57. The first-order valence-electron chi connectivity index (χ1n) is 9.26. The van der Waals surface area contributed by atoms with Gasteiger partial charge in [0.05, 0.1) is 5.69 Å². The molecule has 0 radical (unpaired) electrons. The van der Waals surface area contributed by atoms with Crippen LogP contribution in [0.15, 0.2) is 58.6 Å². The molecule has 1 atom stereocenters. The van der Waals surface area contributed by atoms with Crippen molar-refractivity contribution in [2.75, 3.05) is 5.32 Å². The number of anilines is 1. The zero-order valence-electron chi connectivity index (χ0n) is 16.9. The molecule has 27 heavy (non-hydrogen) atoms. The summed E-state index contributed by atoms with van der Waals surface area (Å²) < 4.78 is 7.25. The number of hydrogen-bond acceptors (Lipinski definition) is 3. The van der Waals surface area contributed by atoms with E-state index in [0.717, 1.165) is 27.1 Å². The molecule has 0 bridgehead atoms. The Morgan fingerprint density at radius 1 is 1.11 bits per heavy atom. The van der Waals surface area contributed by atoms with Gasteiger partial charge in [0, 0.05) is 15.6 Å². The smallest absolute Gasteiger partial charge is 0.185 e. The lowest BCUT2D eigenvalue weighted by Gasteiger charge is -2.46. The minimum absolute atomic E-state index is 0.116. The van der Waals surface area contributed by atoms with Crippen LogP contribution in [0.25, 0.3) is 0 Å². The second kappa shape index (κ2) is 6.37. The van der Waals surface area contributed by atoms with Crippen molar-refractivity contribution in [2.45, 2.75) is 53.2 Å². The van der Waals surface area contributed by atoms with Crippen molar-refractivity contribution in [3.8, 4) is 5.75 Å². The average molecular weight is 430 g/mol. The number of carbonyl (C=O) groups is 1. The molecule has 1 heterocycles. The van der Waals surface area contributed by atoms with E-state index in [2.05, 4.69) is 69.4 Å². The Kier molecular flexibility index (Phi) is 4.70. The predicted octanol–water partition coefficient (Wildman–Crippen LogP) is 6.07. The monoisotopic (exact) mass is 429 g/mol. The van der Waals surface area contributed by atoms with Gasteiger partial charge in [-0.25, -0.2) is 0 Å². The highest BCUT2D eigenvalue weighted by Crippen LogP contribution is 2.46. The second-order valence-corrected chi connectivity index (χ2v) is 10.3. The third kappa shape index (κ3) is 3.52. The Labute approximate surface area is 170 Å². The van der Waals surface area contributed by atoms with Crippen LogP contribution in [-0.4, -0.2) is 17.4 Å². The molecule has 3 nitrogen and oxygen atoms in total. The zero-order chi connectivity index (χ0) is 20.2. The fraction of sp³-hybridized carbons (Fsp3) is 0.435. The molecule has 1 unspecified atom stereocenters. The number of rotatable bonds is 1. The highest BCUT2D eigenvalue weighted by atomic mass is 79.9. The summed E-state index contributed by atoms with van der Waals surface area (Å²) in [6, 6.07) is 5.89. The normalized spacial score (nSPS) is 21.6. The van der Waals surface area contributed by atoms with Crippen LogP contribution < -0.4 is 10.1 Å². The van der Waals surface area contributed by atoms with Crippen LogP contribution in [0.5, 0.6) is 5.75 Å². The maximum atomic E-state index is 13.3. The van der Waals surface area contributed by atoms with E-state index in [1.165, 1.54) is 0 Å². The minimum atomic E-state index is -0.658. The van der Waals surface area contributed by atoms with Gasteiger partial charge in [0.25, 0.3) is 0 Å². The van der Waals surface area contributed by atoms with Gasteiger partial charge in [0.2, 0.25) is 0 Å². The van der Waals surface area contributed by atoms with Gasteiger partial charge in [-0.2, -0.15) is 0 Å². The summed E-state index contributed by atoms with van der Waals surface area (Å²) in [7, 11) is 0. The van der Waals surface area contributed by atoms with E-state index in [-0.39, 0.29) is 22.7 Å². The van der Waals surface area contributed by atoms with Crippen molar-refractivity contribution < 1.29 is 9.53 Å². The summed E-state index contributed by atoms with van der Waals surface area (Å²) in [5, 5.41) is 3.65. The van der Waals surface area contributed by atoms with Crippen molar-refractivity contribution in [2.24, 2.45) is 10.8 Å². The van der Waals surface area contributed by atoms with Crippen molar-refractivity contribution in [1.29, 1.82) is 0 Å². The molecule has 1 spiro atoms. The Hall–Kier alpha value is -1.81. The van der Waals surface area contributed by atoms with Crippen LogP contribution in [-0.2, 0) is 4.79 Å². The number of halogens is 1. The fourth-order valence-electron chi connectivity index (χ4n) is 3.63. The lowest BCUT2D eigenvalue weighted by Crippen LogP contribution is -2.54. The van der Waals surface area contributed by atoms with Crippen LogP contribution in [0.2, 0.25) is 0 Å². The largest absolute Gasteiger partial charge is 0.481 e. The SMILES string of the molecule is C=CC1Oc2ccc(Br)cc2NC12C=C(C(C)(C)C)C(=O)C(C(C)(C)C)=C2. The number of Topliss-reactive ketones (excluding diaryl/α,β-unsaturated/α-hetero) is 1. The molecule has 1 aliphatic heterocycles. The predicted molar refractivity (Wildman–Crippen MR) is 115 cm³/mol. The van der Waals surface area contributed by atoms with E-state index in [1.54, 1.807) is 6.08 Å². The number of allylic oxidation sites excluding steroid dienone is 2. The van der Waals surface area contributed by atoms with E-state index < -0.39 is 5.54 Å². The number of nitrogens with one attached hydrogen (secondary N) is 1. The molecule has 0 fully saturated rings. The summed E-state index contributed by atoms with van der Waals surface area (Å²) in [6.45, 7) is 16.5. The first-order valence-corrected chi connectivity index (χ1v) is 10.0. The number of carbonyl (C=O) groups excluding carboxylic acids is 1. The van der Waals surface area contributed by atoms with Crippen LogP contribution in [0.4, 0.5) is 5.69 Å². The van der Waals surface area contributed by atoms with Crippen LogP contribution >= 0.6 is 15.9 Å². The van der Waals surface area contributed by atoms with Crippen molar-refractivity contribution >= 4 is 27.4 Å². The van der Waals surface area contributed by atoms with E-state index in [0.29, 0.717) is 0 Å². The lowest BCUT2D eigenvalue weighted by atomic mass is 9.67. The second-order valence-electron chi connectivity index (χ2n) is 9.42. The molecule has 1 N–H and O–H groups in total. The average Bonchev–Trinajstić information content (AvgIpc) is 2.54. The molecule has 2 aliphatic rings. The third-order valence-electron chi connectivity index (χ3n) is 5.10. The number of ketones is 1. The van der Waals surface area contributed by atoms with Crippen molar-refractivity contribution in [1.82, 2.24) is 0 Å². The van der Waals surface area contributed by atoms with Gasteiger partial charge in [-0.15, -0.1) is 0 Å². The summed E-state index contributed by atoms with van der Waals surface area (Å²) in [4.78, 5) is 13.3. The molecule has 0 saturated heterocycles. The first-order chi connectivity index (χ1) is 12.4. The topological polar surface area (TPSA) is 38.3 Å². The summed E-state index contributed by atoms with van der Waals surface area (Å²) in [5.41, 5.74) is 1.28. The molecule has 3 rings (SSSR count). The highest BCUT2D eigenvalue weighted by Gasteiger charge is 2.47. The Bertz CT molecular complexity index is 831. The molecule has 1 aromatic rings. The molecule has 0 saturated carbocycles. The molecule has 0 aromatic heterocycles. The molecular weight excluding hydrogens is 402 g/mol. The maximum Gasteiger partial charge on any atom is 0.185 e. The summed E-state index contributed by atoms with van der Waals surface area (Å²) >= 11 is 3.53. The van der Waals surface area contributed by atoms with Gasteiger partial charge >= 0.3 is 0 Å². The fourth-order valence-corrected chi connectivity index (χ4v) is 3.99. The van der Waals surface area contributed by atoms with Crippen LogP contribution in [0.3, 0.4) is 0 Å². The summed E-state index contributed by atoms with van der Waals surface area (Å²) in [5.74, 6) is 0.896. The Morgan fingerprint density at radius 2 is 1.67 bits per heavy atom. The number of fused-ring (bicyclic) bond motifs is 1. The molecular formula is C23H28BrNO2. The van der Waals surface area contributed by atoms with E-state index in [1.807, 2.05) is 30.4 Å². The zero-order valence-corrected chi connectivity index (χ0v) is 18.5. The number of ether oxygens (including phenoxy) is 1. The molecule has 1 aliphatic carbocycles. The molecule has 144 valence electrons. The standard InChI is InChI=1S/C23H28BrNO2/c1-8-19-23(25-17-11-14(24)9-10-18(17)27-19)12-15(21(2,3)4)20(26)16(13-23)22(5,6)7/h8-13,19,25H,1H2,2-7H3. The number of hydrogen-bond donors (Lipinski definition) is 1. The van der Waals surface area contributed by atoms with Gasteiger partial charge < -0.3 is 10.1 Å². The molecule has 0 amide bonds. The van der Waals surface area contributed by atoms with Crippen LogP contribution in [0, 0.1) is 10.8 Å². The number of benzene rings is 1. The van der Waals surface area contributed by atoms with E-state index in [9.17, 15) is 4.79 Å². The van der Waals surface area contributed by atoms with Gasteiger partial charge in [-0.3, -0.25) is 4.79 Å². The van der Waals surface area contributed by atoms with Gasteiger partial charge in [0.1, 0.15) is 17.4 Å². The van der Waals surface area contributed by atoms with Crippen molar-refractivity contribution in [3.05, 3.63) is 58.6 Å². The van der Waals surface area contributed by atoms with Gasteiger partial charge in [0.15, 0.2) is 5.78 Å². The van der Waals surface area contributed by atoms with E-state index >= 15 is 0 Å². The maximum absolute atomic E-state index is 13.3. The van der Waals surface area contributed by atoms with Gasteiger partial charge in [-0.1, -0.05) is 64.1 Å². The quantitative estimate of drug-likeness (QED) is 0.550.